The minimum Gasteiger partial charge on any atom is -0.370 e. The van der Waals surface area contributed by atoms with Gasteiger partial charge in [-0.25, -0.2) is 0 Å². The molecule has 0 saturated heterocycles. The topological polar surface area (TPSA) is 29.1 Å². The molecule has 0 aromatic heterocycles. The van der Waals surface area contributed by atoms with Crippen LogP contribution in [-0.2, 0) is 6.42 Å². The smallest absolute Gasteiger partial charge is 0.244 e. The Bertz CT molecular complexity index is 943. The maximum atomic E-state index is 13.7. The Kier molecular flexibility index (Phi) is 8.02. The van der Waals surface area contributed by atoms with Crippen LogP contribution in [0.25, 0.3) is 0 Å². The third-order valence-electron chi connectivity index (χ3n) is 5.84. The van der Waals surface area contributed by atoms with Crippen molar-refractivity contribution in [1.29, 1.82) is 0 Å². The van der Waals surface area contributed by atoms with Crippen LogP contribution in [0.3, 0.4) is 0 Å². The molecule has 0 radical (unpaired) electrons. The summed E-state index contributed by atoms with van der Waals surface area (Å²) < 4.78 is 0. The number of hydrogen-bond acceptors (Lipinski definition) is 1. The van der Waals surface area contributed by atoms with E-state index in [1.54, 1.807) is 0 Å². The fourth-order valence-electron chi connectivity index (χ4n) is 4.09. The summed E-state index contributed by atoms with van der Waals surface area (Å²) in [5.74, 6) is 0.633. The Labute approximate surface area is 188 Å². The standard InChI is InChI=1S/C28H33NOSi/c1-4-5-22-31(25-15-8-6-9-16-25,26-17-10-7-11-18-26)29-28(30)27-19-13-12-14-24(27)21-20-23(2)3/h4,6-19,23H,1,5,20-22H2,2-3H3,(H,29,30). The van der Waals surface area contributed by atoms with Gasteiger partial charge in [-0.15, -0.1) is 6.58 Å². The molecule has 0 aliphatic carbocycles. The number of benzene rings is 3. The first-order valence-corrected chi connectivity index (χ1v) is 13.4. The van der Waals surface area contributed by atoms with E-state index >= 15 is 0 Å². The number of rotatable bonds is 10. The molecule has 160 valence electrons. The lowest BCUT2D eigenvalue weighted by molar-refractivity contribution is 0.0977. The van der Waals surface area contributed by atoms with Crippen LogP contribution in [-0.4, -0.2) is 14.1 Å². The van der Waals surface area contributed by atoms with E-state index in [0.717, 1.165) is 36.4 Å². The SMILES string of the molecule is C=CCC[Si](NC(=O)c1ccccc1CCC(C)C)(c1ccccc1)c1ccccc1. The predicted octanol–water partition coefficient (Wildman–Crippen LogP) is 5.34. The number of hydrogen-bond donors (Lipinski definition) is 1. The van der Waals surface area contributed by atoms with E-state index in [2.05, 4.69) is 80.0 Å². The number of nitrogens with one attached hydrogen (secondary N) is 1. The molecule has 1 N–H and O–H groups in total. The first-order chi connectivity index (χ1) is 15.1. The average Bonchev–Trinajstić information content (AvgIpc) is 2.81. The molecule has 0 fully saturated rings. The minimum atomic E-state index is -2.55. The molecule has 3 aromatic carbocycles. The van der Waals surface area contributed by atoms with Gasteiger partial charge in [0.25, 0.3) is 0 Å². The highest BCUT2D eigenvalue weighted by atomic mass is 28.3. The first kappa shape index (κ1) is 22.8. The van der Waals surface area contributed by atoms with Crippen LogP contribution in [0.5, 0.6) is 0 Å². The van der Waals surface area contributed by atoms with Crippen LogP contribution < -0.4 is 15.4 Å². The van der Waals surface area contributed by atoms with E-state index in [0.29, 0.717) is 5.92 Å². The maximum absolute atomic E-state index is 13.7. The van der Waals surface area contributed by atoms with E-state index in [1.165, 1.54) is 10.4 Å². The summed E-state index contributed by atoms with van der Waals surface area (Å²) in [5.41, 5.74) is 1.92. The van der Waals surface area contributed by atoms with Crippen molar-refractivity contribution in [2.24, 2.45) is 5.92 Å². The molecule has 0 bridgehead atoms. The Morgan fingerprint density at radius 3 is 2.00 bits per heavy atom. The molecule has 0 aliphatic rings. The molecule has 0 heterocycles. The number of carbonyl (C=O) groups excluding carboxylic acids is 1. The quantitative estimate of drug-likeness (QED) is 0.343. The van der Waals surface area contributed by atoms with Crippen LogP contribution in [0.1, 0.15) is 42.6 Å². The highest BCUT2D eigenvalue weighted by molar-refractivity contribution is 7.01. The second kappa shape index (κ2) is 10.9. The molecule has 0 spiro atoms. The van der Waals surface area contributed by atoms with Gasteiger partial charge >= 0.3 is 0 Å². The molecular weight excluding hydrogens is 394 g/mol. The second-order valence-corrected chi connectivity index (χ2v) is 12.2. The summed E-state index contributed by atoms with van der Waals surface area (Å²) in [6.45, 7) is 8.40. The zero-order valence-corrected chi connectivity index (χ0v) is 19.7. The summed E-state index contributed by atoms with van der Waals surface area (Å²) in [5, 5.41) is 2.44. The predicted molar refractivity (Wildman–Crippen MR) is 135 cm³/mol. The minimum absolute atomic E-state index is 0.0304. The van der Waals surface area contributed by atoms with Crippen LogP contribution in [0.4, 0.5) is 0 Å². The van der Waals surface area contributed by atoms with E-state index in [9.17, 15) is 4.79 Å². The van der Waals surface area contributed by atoms with E-state index in [-0.39, 0.29) is 5.91 Å². The van der Waals surface area contributed by atoms with Gasteiger partial charge in [0, 0.05) is 5.56 Å². The van der Waals surface area contributed by atoms with Gasteiger partial charge in [0.05, 0.1) is 0 Å². The molecule has 2 nitrogen and oxygen atoms in total. The van der Waals surface area contributed by atoms with Crippen molar-refractivity contribution in [2.45, 2.75) is 39.2 Å². The van der Waals surface area contributed by atoms with Gasteiger partial charge in [-0.1, -0.05) is 98.8 Å². The highest BCUT2D eigenvalue weighted by Gasteiger charge is 2.39. The summed E-state index contributed by atoms with van der Waals surface area (Å²) in [7, 11) is -2.55. The molecule has 0 aliphatic heterocycles. The fourth-order valence-corrected chi connectivity index (χ4v) is 8.10. The molecular formula is C28H33NOSi. The van der Waals surface area contributed by atoms with Gasteiger partial charge in [-0.3, -0.25) is 4.79 Å². The van der Waals surface area contributed by atoms with Crippen molar-refractivity contribution in [3.8, 4) is 0 Å². The van der Waals surface area contributed by atoms with Gasteiger partial charge < -0.3 is 4.98 Å². The van der Waals surface area contributed by atoms with Gasteiger partial charge in [0.1, 0.15) is 0 Å². The maximum Gasteiger partial charge on any atom is 0.244 e. The molecule has 1 amide bonds. The zero-order chi connectivity index (χ0) is 22.1. The van der Waals surface area contributed by atoms with Crippen LogP contribution in [0.15, 0.2) is 97.6 Å². The molecule has 3 rings (SSSR count). The molecule has 0 saturated carbocycles. The fraction of sp³-hybridized carbons (Fsp3) is 0.250. The summed E-state index contributed by atoms with van der Waals surface area (Å²) in [4.78, 5) is 17.3. The number of aryl methyl sites for hydroxylation is 1. The number of carbonyl (C=O) groups is 1. The lowest BCUT2D eigenvalue weighted by atomic mass is 9.98. The zero-order valence-electron chi connectivity index (χ0n) is 18.7. The summed E-state index contributed by atoms with van der Waals surface area (Å²) in [6.07, 6.45) is 4.79. The molecule has 3 aromatic rings. The summed E-state index contributed by atoms with van der Waals surface area (Å²) >= 11 is 0. The normalized spacial score (nSPS) is 11.3. The van der Waals surface area contributed by atoms with Crippen molar-refractivity contribution in [3.63, 3.8) is 0 Å². The number of amides is 1. The third-order valence-corrected chi connectivity index (χ3v) is 10.2. The van der Waals surface area contributed by atoms with E-state index in [4.69, 9.17) is 0 Å². The van der Waals surface area contributed by atoms with Crippen molar-refractivity contribution < 1.29 is 4.79 Å². The van der Waals surface area contributed by atoms with Gasteiger partial charge in [0.15, 0.2) is 0 Å². The van der Waals surface area contributed by atoms with Gasteiger partial charge in [0.2, 0.25) is 14.1 Å². The highest BCUT2D eigenvalue weighted by Crippen LogP contribution is 2.17. The van der Waals surface area contributed by atoms with Crippen LogP contribution in [0.2, 0.25) is 6.04 Å². The van der Waals surface area contributed by atoms with Crippen molar-refractivity contribution in [3.05, 3.63) is 109 Å². The lowest BCUT2D eigenvalue weighted by Gasteiger charge is -2.33. The van der Waals surface area contributed by atoms with Crippen molar-refractivity contribution in [2.75, 3.05) is 0 Å². The van der Waals surface area contributed by atoms with Gasteiger partial charge in [-0.2, -0.15) is 0 Å². The molecule has 3 heteroatoms. The van der Waals surface area contributed by atoms with E-state index in [1.807, 2.05) is 36.4 Å². The Hall–Kier alpha value is -2.91. The average molecular weight is 428 g/mol. The lowest BCUT2D eigenvalue weighted by Crippen LogP contribution is -2.70. The molecule has 31 heavy (non-hydrogen) atoms. The largest absolute Gasteiger partial charge is 0.370 e. The molecule has 0 atom stereocenters. The van der Waals surface area contributed by atoms with Crippen molar-refractivity contribution in [1.82, 2.24) is 4.98 Å². The third kappa shape index (κ3) is 5.62. The van der Waals surface area contributed by atoms with Gasteiger partial charge in [-0.05, 0) is 53.2 Å². The van der Waals surface area contributed by atoms with Crippen LogP contribution >= 0.6 is 0 Å². The van der Waals surface area contributed by atoms with Crippen molar-refractivity contribution >= 4 is 24.5 Å². The number of allylic oxidation sites excluding steroid dienone is 1. The Morgan fingerprint density at radius 1 is 0.903 bits per heavy atom. The van der Waals surface area contributed by atoms with E-state index < -0.39 is 8.24 Å². The molecule has 0 unspecified atom stereocenters. The second-order valence-electron chi connectivity index (χ2n) is 8.51. The Morgan fingerprint density at radius 2 is 1.45 bits per heavy atom. The Balaban J connectivity index is 2.05. The monoisotopic (exact) mass is 427 g/mol. The van der Waals surface area contributed by atoms with Crippen LogP contribution in [0, 0.1) is 5.92 Å². The summed E-state index contributed by atoms with van der Waals surface area (Å²) in [6, 6.07) is 29.9. The first-order valence-electron chi connectivity index (χ1n) is 11.2.